The van der Waals surface area contributed by atoms with Crippen LogP contribution in [0.5, 0.6) is 5.75 Å². The maximum absolute atomic E-state index is 12.6. The second-order valence-electron chi connectivity index (χ2n) is 6.88. The van der Waals surface area contributed by atoms with Crippen molar-refractivity contribution in [1.29, 1.82) is 0 Å². The van der Waals surface area contributed by atoms with Crippen LogP contribution in [0.3, 0.4) is 0 Å². The number of carbonyl (C=O) groups excluding carboxylic acids is 1. The minimum Gasteiger partial charge on any atom is -0.494 e. The first-order valence-corrected chi connectivity index (χ1v) is 9.23. The van der Waals surface area contributed by atoms with Gasteiger partial charge in [-0.3, -0.25) is 10.00 Å². The zero-order valence-electron chi connectivity index (χ0n) is 16.2. The standard InChI is InChI=1S/C19H24N6O3/c1-24-11-12(10-20-24)14-4-5-15(28-3)17-16(14)21-18(22-17)23-19(26)25-8-6-13(27-2)7-9-25/h4-5,10-11,13H,6-9H2,1-3H3,(H2,21,22,23,26). The molecule has 0 unspecified atom stereocenters. The predicted octanol–water partition coefficient (Wildman–Crippen LogP) is 2.61. The lowest BCUT2D eigenvalue weighted by Crippen LogP contribution is -2.42. The van der Waals surface area contributed by atoms with E-state index in [4.69, 9.17) is 9.47 Å². The number of likely N-dealkylation sites (tertiary alicyclic amines) is 1. The number of hydrogen-bond donors (Lipinski definition) is 2. The van der Waals surface area contributed by atoms with Crippen LogP contribution in [0.2, 0.25) is 0 Å². The molecule has 1 fully saturated rings. The monoisotopic (exact) mass is 384 g/mol. The van der Waals surface area contributed by atoms with E-state index in [9.17, 15) is 4.79 Å². The minimum atomic E-state index is -0.171. The van der Waals surface area contributed by atoms with E-state index in [1.807, 2.05) is 25.4 Å². The summed E-state index contributed by atoms with van der Waals surface area (Å²) in [5.41, 5.74) is 3.32. The quantitative estimate of drug-likeness (QED) is 0.721. The van der Waals surface area contributed by atoms with Gasteiger partial charge in [-0.15, -0.1) is 0 Å². The molecule has 1 aliphatic heterocycles. The van der Waals surface area contributed by atoms with E-state index < -0.39 is 0 Å². The van der Waals surface area contributed by atoms with Crippen LogP contribution in [0.25, 0.3) is 22.2 Å². The molecule has 28 heavy (non-hydrogen) atoms. The number of imidazole rings is 1. The molecular formula is C19H24N6O3. The molecule has 2 aromatic heterocycles. The van der Waals surface area contributed by atoms with Gasteiger partial charge in [-0.25, -0.2) is 9.78 Å². The molecule has 3 aromatic rings. The molecule has 9 nitrogen and oxygen atoms in total. The number of rotatable bonds is 4. The Hall–Kier alpha value is -3.07. The molecule has 0 radical (unpaired) electrons. The first kappa shape index (κ1) is 18.3. The van der Waals surface area contributed by atoms with Gasteiger partial charge in [0.05, 0.1) is 19.4 Å². The summed E-state index contributed by atoms with van der Waals surface area (Å²) < 4.78 is 12.6. The first-order valence-electron chi connectivity index (χ1n) is 9.23. The van der Waals surface area contributed by atoms with Crippen LogP contribution in [0, 0.1) is 0 Å². The van der Waals surface area contributed by atoms with Crippen molar-refractivity contribution in [3.8, 4) is 16.9 Å². The summed E-state index contributed by atoms with van der Waals surface area (Å²) in [5.74, 6) is 1.06. The Balaban J connectivity index is 1.61. The number of H-pyrrole nitrogens is 1. The van der Waals surface area contributed by atoms with Gasteiger partial charge in [0.15, 0.2) is 0 Å². The fraction of sp³-hybridized carbons (Fsp3) is 0.421. The average molecular weight is 384 g/mol. The number of methoxy groups -OCH3 is 2. The van der Waals surface area contributed by atoms with E-state index in [1.165, 1.54) is 0 Å². The number of nitrogens with zero attached hydrogens (tertiary/aromatic N) is 4. The summed E-state index contributed by atoms with van der Waals surface area (Å²) in [6.07, 6.45) is 5.61. The number of nitrogens with one attached hydrogen (secondary N) is 2. The summed E-state index contributed by atoms with van der Waals surface area (Å²) in [6, 6.07) is 3.65. The second kappa shape index (κ2) is 7.51. The highest BCUT2D eigenvalue weighted by molar-refractivity contribution is 5.98. The van der Waals surface area contributed by atoms with Gasteiger partial charge < -0.3 is 19.4 Å². The molecule has 148 valence electrons. The largest absolute Gasteiger partial charge is 0.494 e. The normalized spacial score (nSPS) is 15.2. The van der Waals surface area contributed by atoms with Crippen LogP contribution < -0.4 is 10.1 Å². The van der Waals surface area contributed by atoms with Crippen molar-refractivity contribution in [3.63, 3.8) is 0 Å². The highest BCUT2D eigenvalue weighted by Crippen LogP contribution is 2.33. The zero-order chi connectivity index (χ0) is 19.7. The van der Waals surface area contributed by atoms with Gasteiger partial charge >= 0.3 is 6.03 Å². The summed E-state index contributed by atoms with van der Waals surface area (Å²) in [6.45, 7) is 1.32. The molecule has 2 amide bonds. The number of carbonyl (C=O) groups is 1. The molecule has 0 bridgehead atoms. The van der Waals surface area contributed by atoms with Crippen molar-refractivity contribution in [3.05, 3.63) is 24.5 Å². The maximum Gasteiger partial charge on any atom is 0.324 e. The number of anilines is 1. The third kappa shape index (κ3) is 3.40. The number of hydrogen-bond acceptors (Lipinski definition) is 5. The first-order chi connectivity index (χ1) is 13.6. The number of aromatic nitrogens is 4. The van der Waals surface area contributed by atoms with Crippen molar-refractivity contribution in [2.75, 3.05) is 32.6 Å². The lowest BCUT2D eigenvalue weighted by atomic mass is 10.1. The van der Waals surface area contributed by atoms with Gasteiger partial charge in [-0.2, -0.15) is 5.10 Å². The van der Waals surface area contributed by atoms with Gasteiger partial charge in [-0.1, -0.05) is 0 Å². The fourth-order valence-corrected chi connectivity index (χ4v) is 3.57. The lowest BCUT2D eigenvalue weighted by molar-refractivity contribution is 0.0521. The van der Waals surface area contributed by atoms with Crippen molar-refractivity contribution >= 4 is 23.0 Å². The number of aromatic amines is 1. The molecule has 0 spiro atoms. The van der Waals surface area contributed by atoms with Gasteiger partial charge in [-0.05, 0) is 25.0 Å². The number of urea groups is 1. The Bertz CT molecular complexity index is 987. The Kier molecular flexibility index (Phi) is 4.91. The third-order valence-corrected chi connectivity index (χ3v) is 5.13. The average Bonchev–Trinajstić information content (AvgIpc) is 3.33. The zero-order valence-corrected chi connectivity index (χ0v) is 16.2. The number of piperidine rings is 1. The Labute approximate surface area is 162 Å². The van der Waals surface area contributed by atoms with Crippen molar-refractivity contribution < 1.29 is 14.3 Å². The molecule has 0 saturated carbocycles. The van der Waals surface area contributed by atoms with Crippen molar-refractivity contribution in [1.82, 2.24) is 24.6 Å². The van der Waals surface area contributed by atoms with E-state index in [0.29, 0.717) is 24.8 Å². The predicted molar refractivity (Wildman–Crippen MR) is 105 cm³/mol. The number of benzene rings is 1. The van der Waals surface area contributed by atoms with Crippen LogP contribution in [-0.2, 0) is 11.8 Å². The molecule has 2 N–H and O–H groups in total. The number of aryl methyl sites for hydroxylation is 1. The fourth-order valence-electron chi connectivity index (χ4n) is 3.57. The number of amides is 2. The van der Waals surface area contributed by atoms with Gasteiger partial charge in [0, 0.05) is 44.6 Å². The molecule has 9 heteroatoms. The number of ether oxygens (including phenoxy) is 2. The second-order valence-corrected chi connectivity index (χ2v) is 6.88. The summed E-state index contributed by atoms with van der Waals surface area (Å²) in [7, 11) is 5.19. The summed E-state index contributed by atoms with van der Waals surface area (Å²) in [5, 5.41) is 7.10. The van der Waals surface area contributed by atoms with Crippen LogP contribution in [0.4, 0.5) is 10.7 Å². The van der Waals surface area contributed by atoms with E-state index in [-0.39, 0.29) is 12.1 Å². The minimum absolute atomic E-state index is 0.171. The highest BCUT2D eigenvalue weighted by Gasteiger charge is 2.23. The molecule has 3 heterocycles. The van der Waals surface area contributed by atoms with E-state index in [2.05, 4.69) is 20.4 Å². The van der Waals surface area contributed by atoms with Gasteiger partial charge in [0.1, 0.15) is 16.8 Å². The van der Waals surface area contributed by atoms with E-state index in [1.54, 1.807) is 30.0 Å². The summed E-state index contributed by atoms with van der Waals surface area (Å²) >= 11 is 0. The topological polar surface area (TPSA) is 97.3 Å². The Morgan fingerprint density at radius 3 is 2.71 bits per heavy atom. The smallest absolute Gasteiger partial charge is 0.324 e. The number of fused-ring (bicyclic) bond motifs is 1. The Morgan fingerprint density at radius 1 is 1.29 bits per heavy atom. The van der Waals surface area contributed by atoms with E-state index >= 15 is 0 Å². The summed E-state index contributed by atoms with van der Waals surface area (Å²) in [4.78, 5) is 22.2. The molecule has 1 aliphatic rings. The lowest BCUT2D eigenvalue weighted by Gasteiger charge is -2.30. The molecule has 0 atom stereocenters. The van der Waals surface area contributed by atoms with Crippen molar-refractivity contribution in [2.45, 2.75) is 18.9 Å². The molecule has 1 aromatic carbocycles. The SMILES string of the molecule is COc1ccc(-c2cnn(C)c2)c2nc(NC(=O)N3CCC(OC)CC3)[nH]c12. The van der Waals surface area contributed by atoms with Crippen molar-refractivity contribution in [2.24, 2.45) is 7.05 Å². The van der Waals surface area contributed by atoms with Crippen LogP contribution in [0.1, 0.15) is 12.8 Å². The van der Waals surface area contributed by atoms with E-state index in [0.717, 1.165) is 35.0 Å². The van der Waals surface area contributed by atoms with Crippen LogP contribution in [-0.4, -0.2) is 64.1 Å². The Morgan fingerprint density at radius 2 is 2.07 bits per heavy atom. The van der Waals surface area contributed by atoms with Gasteiger partial charge in [0.2, 0.25) is 5.95 Å². The molecule has 4 rings (SSSR count). The maximum atomic E-state index is 12.6. The molecular weight excluding hydrogens is 360 g/mol. The van der Waals surface area contributed by atoms with Crippen LogP contribution in [0.15, 0.2) is 24.5 Å². The molecule has 0 aliphatic carbocycles. The molecule has 1 saturated heterocycles. The third-order valence-electron chi connectivity index (χ3n) is 5.13. The van der Waals surface area contributed by atoms with Gasteiger partial charge in [0.25, 0.3) is 0 Å². The van der Waals surface area contributed by atoms with Crippen LogP contribution >= 0.6 is 0 Å². The highest BCUT2D eigenvalue weighted by atomic mass is 16.5.